The predicted octanol–water partition coefficient (Wildman–Crippen LogP) is 2.54. The normalized spacial score (nSPS) is 17.8. The first-order chi connectivity index (χ1) is 11.7. The van der Waals surface area contributed by atoms with E-state index in [1.54, 1.807) is 4.90 Å². The van der Waals surface area contributed by atoms with Gasteiger partial charge in [0.25, 0.3) is 0 Å². The van der Waals surface area contributed by atoms with Crippen molar-refractivity contribution in [2.45, 2.75) is 26.2 Å². The number of carbonyl (C=O) groups excluding carboxylic acids is 1. The quantitative estimate of drug-likeness (QED) is 0.899. The van der Waals surface area contributed by atoms with Gasteiger partial charge in [0.15, 0.2) is 0 Å². The minimum atomic E-state index is -0.132. The zero-order valence-electron chi connectivity index (χ0n) is 13.7. The Hall–Kier alpha value is -2.41. The minimum absolute atomic E-state index is 0.127. The average Bonchev–Trinajstić information content (AvgIpc) is 3.11. The summed E-state index contributed by atoms with van der Waals surface area (Å²) in [7, 11) is 0. The third-order valence-corrected chi connectivity index (χ3v) is 4.22. The van der Waals surface area contributed by atoms with Gasteiger partial charge in [-0.25, -0.2) is 4.79 Å². The number of nitrogens with one attached hydrogen (secondary N) is 1. The Morgan fingerprint density at radius 2 is 2.17 bits per heavy atom. The lowest BCUT2D eigenvalue weighted by Gasteiger charge is -2.31. The van der Waals surface area contributed by atoms with Crippen molar-refractivity contribution in [1.29, 1.82) is 0 Å². The summed E-state index contributed by atoms with van der Waals surface area (Å²) in [6.07, 6.45) is 2.60. The summed E-state index contributed by atoms with van der Waals surface area (Å²) < 4.78 is 5.52. The van der Waals surface area contributed by atoms with Crippen LogP contribution in [0.4, 0.5) is 10.5 Å². The fraction of sp³-hybridized carbons (Fsp3) is 0.471. The molecule has 0 saturated carbocycles. The van der Waals surface area contributed by atoms with Gasteiger partial charge in [0, 0.05) is 37.4 Å². The Morgan fingerprint density at radius 3 is 2.83 bits per heavy atom. The molecule has 0 radical (unpaired) electrons. The second-order valence-electron chi connectivity index (χ2n) is 6.00. The SMILES string of the molecule is CCc1nnc(-c2ccc(NC(=O)N3CCCC(CO)C3)cc2)o1. The number of rotatable bonds is 4. The molecule has 128 valence electrons. The van der Waals surface area contributed by atoms with Crippen molar-refractivity contribution < 1.29 is 14.3 Å². The Bertz CT molecular complexity index is 683. The van der Waals surface area contributed by atoms with Crippen molar-refractivity contribution in [2.75, 3.05) is 25.0 Å². The number of piperidine rings is 1. The lowest BCUT2D eigenvalue weighted by Crippen LogP contribution is -2.43. The Labute approximate surface area is 140 Å². The number of anilines is 1. The van der Waals surface area contributed by atoms with E-state index in [4.69, 9.17) is 4.42 Å². The number of hydrogen-bond donors (Lipinski definition) is 2. The molecule has 7 heteroatoms. The molecule has 1 atom stereocenters. The molecule has 1 unspecified atom stereocenters. The van der Waals surface area contributed by atoms with Gasteiger partial charge in [0.05, 0.1) is 0 Å². The number of aromatic nitrogens is 2. The maximum atomic E-state index is 12.3. The smallest absolute Gasteiger partial charge is 0.321 e. The summed E-state index contributed by atoms with van der Waals surface area (Å²) in [5.74, 6) is 1.26. The Morgan fingerprint density at radius 1 is 1.38 bits per heavy atom. The number of hydrogen-bond acceptors (Lipinski definition) is 5. The second-order valence-corrected chi connectivity index (χ2v) is 6.00. The van der Waals surface area contributed by atoms with Crippen molar-refractivity contribution >= 4 is 11.7 Å². The van der Waals surface area contributed by atoms with E-state index in [0.29, 0.717) is 30.4 Å². The van der Waals surface area contributed by atoms with Crippen molar-refractivity contribution in [1.82, 2.24) is 15.1 Å². The van der Waals surface area contributed by atoms with E-state index in [2.05, 4.69) is 15.5 Å². The number of benzene rings is 1. The lowest BCUT2D eigenvalue weighted by atomic mass is 9.99. The first-order valence-corrected chi connectivity index (χ1v) is 8.29. The number of nitrogens with zero attached hydrogens (tertiary/aromatic N) is 3. The molecule has 7 nitrogen and oxygen atoms in total. The number of amides is 2. The highest BCUT2D eigenvalue weighted by atomic mass is 16.4. The van der Waals surface area contributed by atoms with Gasteiger partial charge in [0.2, 0.25) is 11.8 Å². The monoisotopic (exact) mass is 330 g/mol. The molecule has 1 aliphatic heterocycles. The van der Waals surface area contributed by atoms with Gasteiger partial charge in [-0.15, -0.1) is 10.2 Å². The van der Waals surface area contributed by atoms with Crippen molar-refractivity contribution in [3.8, 4) is 11.5 Å². The molecule has 1 aromatic heterocycles. The summed E-state index contributed by atoms with van der Waals surface area (Å²) in [6, 6.07) is 7.18. The molecule has 0 aliphatic carbocycles. The minimum Gasteiger partial charge on any atom is -0.421 e. The maximum Gasteiger partial charge on any atom is 0.321 e. The van der Waals surface area contributed by atoms with Crippen LogP contribution in [0.15, 0.2) is 28.7 Å². The summed E-state index contributed by atoms with van der Waals surface area (Å²) >= 11 is 0. The van der Waals surface area contributed by atoms with E-state index in [-0.39, 0.29) is 18.6 Å². The fourth-order valence-electron chi connectivity index (χ4n) is 2.81. The molecular weight excluding hydrogens is 308 g/mol. The number of urea groups is 1. The number of aliphatic hydroxyl groups is 1. The van der Waals surface area contributed by atoms with Crippen LogP contribution in [0.2, 0.25) is 0 Å². The topological polar surface area (TPSA) is 91.5 Å². The fourth-order valence-corrected chi connectivity index (χ4v) is 2.81. The van der Waals surface area contributed by atoms with E-state index in [9.17, 15) is 9.90 Å². The molecule has 24 heavy (non-hydrogen) atoms. The van der Waals surface area contributed by atoms with E-state index < -0.39 is 0 Å². The number of aryl methyl sites for hydroxylation is 1. The van der Waals surface area contributed by atoms with E-state index in [1.807, 2.05) is 31.2 Å². The van der Waals surface area contributed by atoms with Crippen LogP contribution in [0, 0.1) is 5.92 Å². The van der Waals surface area contributed by atoms with Crippen LogP contribution in [-0.4, -0.2) is 45.9 Å². The average molecular weight is 330 g/mol. The molecule has 0 bridgehead atoms. The molecule has 1 fully saturated rings. The third kappa shape index (κ3) is 3.73. The van der Waals surface area contributed by atoms with Crippen LogP contribution < -0.4 is 5.32 Å². The van der Waals surface area contributed by atoms with E-state index >= 15 is 0 Å². The first kappa shape index (κ1) is 16.4. The molecule has 2 N–H and O–H groups in total. The van der Waals surface area contributed by atoms with Gasteiger partial charge < -0.3 is 19.7 Å². The zero-order chi connectivity index (χ0) is 16.9. The highest BCUT2D eigenvalue weighted by Crippen LogP contribution is 2.21. The molecule has 1 saturated heterocycles. The molecule has 1 aliphatic rings. The van der Waals surface area contributed by atoms with Crippen molar-refractivity contribution in [3.63, 3.8) is 0 Å². The molecule has 0 spiro atoms. The first-order valence-electron chi connectivity index (χ1n) is 8.29. The van der Waals surface area contributed by atoms with Crippen LogP contribution in [0.25, 0.3) is 11.5 Å². The molecule has 1 aromatic carbocycles. The number of carbonyl (C=O) groups is 1. The highest BCUT2D eigenvalue weighted by Gasteiger charge is 2.23. The van der Waals surface area contributed by atoms with E-state index in [1.165, 1.54) is 0 Å². The van der Waals surface area contributed by atoms with Crippen molar-refractivity contribution in [3.05, 3.63) is 30.2 Å². The van der Waals surface area contributed by atoms with Crippen molar-refractivity contribution in [2.24, 2.45) is 5.92 Å². The van der Waals surface area contributed by atoms with Crippen LogP contribution in [0.5, 0.6) is 0 Å². The molecule has 2 amide bonds. The van der Waals surface area contributed by atoms with Gasteiger partial charge in [-0.2, -0.15) is 0 Å². The summed E-state index contributed by atoms with van der Waals surface area (Å²) in [4.78, 5) is 14.1. The largest absolute Gasteiger partial charge is 0.421 e. The van der Waals surface area contributed by atoms with Gasteiger partial charge in [-0.3, -0.25) is 0 Å². The highest BCUT2D eigenvalue weighted by molar-refractivity contribution is 5.89. The van der Waals surface area contributed by atoms with Crippen LogP contribution in [0.3, 0.4) is 0 Å². The maximum absolute atomic E-state index is 12.3. The standard InChI is InChI=1S/C17H22N4O3/c1-2-15-19-20-16(24-15)13-5-7-14(8-6-13)18-17(23)21-9-3-4-12(10-21)11-22/h5-8,12,22H,2-4,9-11H2,1H3,(H,18,23). The summed E-state index contributed by atoms with van der Waals surface area (Å²) in [6.45, 7) is 3.41. The van der Waals surface area contributed by atoms with Crippen LogP contribution in [-0.2, 0) is 6.42 Å². The molecular formula is C17H22N4O3. The van der Waals surface area contributed by atoms with Crippen LogP contribution >= 0.6 is 0 Å². The number of aliphatic hydroxyl groups excluding tert-OH is 1. The Kier molecular flexibility index (Phi) is 5.10. The van der Waals surface area contributed by atoms with Gasteiger partial charge in [0.1, 0.15) is 0 Å². The number of likely N-dealkylation sites (tertiary alicyclic amines) is 1. The van der Waals surface area contributed by atoms with Gasteiger partial charge >= 0.3 is 6.03 Å². The predicted molar refractivity (Wildman–Crippen MR) is 89.5 cm³/mol. The van der Waals surface area contributed by atoms with Gasteiger partial charge in [-0.05, 0) is 43.0 Å². The molecule has 2 aromatic rings. The Balaban J connectivity index is 1.62. The molecule has 2 heterocycles. The zero-order valence-corrected chi connectivity index (χ0v) is 13.7. The second kappa shape index (κ2) is 7.44. The molecule has 3 rings (SSSR count). The van der Waals surface area contributed by atoms with E-state index in [0.717, 1.165) is 24.9 Å². The summed E-state index contributed by atoms with van der Waals surface area (Å²) in [5, 5.41) is 20.1. The lowest BCUT2D eigenvalue weighted by molar-refractivity contribution is 0.136. The summed E-state index contributed by atoms with van der Waals surface area (Å²) in [5.41, 5.74) is 1.53. The third-order valence-electron chi connectivity index (χ3n) is 4.22. The van der Waals surface area contributed by atoms with Crippen LogP contribution in [0.1, 0.15) is 25.7 Å². The van der Waals surface area contributed by atoms with Gasteiger partial charge in [-0.1, -0.05) is 6.92 Å².